The van der Waals surface area contributed by atoms with Crippen LogP contribution in [0.15, 0.2) is 6.07 Å². The fourth-order valence-electron chi connectivity index (χ4n) is 1.44. The maximum Gasteiger partial charge on any atom is 0.451 e. The van der Waals surface area contributed by atoms with Gasteiger partial charge in [-0.05, 0) is 0 Å². The van der Waals surface area contributed by atoms with Gasteiger partial charge < -0.3 is 10.2 Å². The van der Waals surface area contributed by atoms with E-state index >= 15 is 0 Å². The van der Waals surface area contributed by atoms with Gasteiger partial charge in [-0.25, -0.2) is 15.0 Å². The molecule has 1 fully saturated rings. The molecule has 1 aliphatic heterocycles. The smallest absolute Gasteiger partial charge is 0.379 e. The number of hydrogen-bond acceptors (Lipinski definition) is 5. The van der Waals surface area contributed by atoms with Crippen LogP contribution in [0, 0.1) is 0 Å². The summed E-state index contributed by atoms with van der Waals surface area (Å²) in [6.45, 7) is 2.14. The van der Waals surface area contributed by atoms with Gasteiger partial charge in [-0.1, -0.05) is 11.6 Å². The number of hydrazine groups is 1. The van der Waals surface area contributed by atoms with E-state index in [0.717, 1.165) is 0 Å². The third-order valence-electron chi connectivity index (χ3n) is 2.23. The summed E-state index contributed by atoms with van der Waals surface area (Å²) in [5.41, 5.74) is 2.75. The van der Waals surface area contributed by atoms with Crippen LogP contribution < -0.4 is 5.43 Å². The highest BCUT2D eigenvalue weighted by atomic mass is 35.5. The minimum atomic E-state index is -4.62. The van der Waals surface area contributed by atoms with E-state index in [1.165, 1.54) is 6.07 Å². The predicted molar refractivity (Wildman–Crippen MR) is 58.1 cm³/mol. The molecular formula is C9H10ClF3N4O. The van der Waals surface area contributed by atoms with E-state index in [0.29, 0.717) is 26.3 Å². The van der Waals surface area contributed by atoms with Crippen LogP contribution in [-0.2, 0) is 10.9 Å². The van der Waals surface area contributed by atoms with Crippen LogP contribution in [0.1, 0.15) is 5.82 Å². The first-order chi connectivity index (χ1) is 8.45. The molecule has 1 N–H and O–H groups in total. The number of halogens is 4. The zero-order valence-corrected chi connectivity index (χ0v) is 9.92. The molecule has 0 amide bonds. The van der Waals surface area contributed by atoms with Gasteiger partial charge in [0, 0.05) is 19.2 Å². The maximum absolute atomic E-state index is 12.5. The Morgan fingerprint density at radius 1 is 1.28 bits per heavy atom. The largest absolute Gasteiger partial charge is 0.451 e. The van der Waals surface area contributed by atoms with Gasteiger partial charge in [0.2, 0.25) is 5.82 Å². The molecule has 0 aromatic carbocycles. The Morgan fingerprint density at radius 2 is 1.94 bits per heavy atom. The molecule has 1 aliphatic rings. The SMILES string of the molecule is FC(F)(F)c1nc(Cl)cc(NN2CCOCC2)n1. The normalized spacial score (nSPS) is 17.8. The molecular weight excluding hydrogens is 273 g/mol. The van der Waals surface area contributed by atoms with Gasteiger partial charge in [0.05, 0.1) is 13.2 Å². The van der Waals surface area contributed by atoms with E-state index in [9.17, 15) is 13.2 Å². The summed E-state index contributed by atoms with van der Waals surface area (Å²) in [6, 6.07) is 1.24. The Kier molecular flexibility index (Phi) is 3.88. The topological polar surface area (TPSA) is 50.3 Å². The second-order valence-corrected chi connectivity index (χ2v) is 4.00. The minimum absolute atomic E-state index is 0.0178. The number of nitrogens with zero attached hydrogens (tertiary/aromatic N) is 3. The molecule has 0 unspecified atom stereocenters. The van der Waals surface area contributed by atoms with E-state index in [2.05, 4.69) is 15.4 Å². The van der Waals surface area contributed by atoms with Crippen LogP contribution >= 0.6 is 11.6 Å². The van der Waals surface area contributed by atoms with Crippen LogP contribution in [0.4, 0.5) is 19.0 Å². The summed E-state index contributed by atoms with van der Waals surface area (Å²) in [6.07, 6.45) is -4.62. The van der Waals surface area contributed by atoms with Crippen molar-refractivity contribution in [1.82, 2.24) is 15.0 Å². The molecule has 0 bridgehead atoms. The average molecular weight is 283 g/mol. The lowest BCUT2D eigenvalue weighted by Crippen LogP contribution is -2.40. The minimum Gasteiger partial charge on any atom is -0.379 e. The van der Waals surface area contributed by atoms with Crippen LogP contribution in [0.2, 0.25) is 5.15 Å². The maximum atomic E-state index is 12.5. The Bertz CT molecular complexity index is 423. The highest BCUT2D eigenvalue weighted by Gasteiger charge is 2.35. The summed E-state index contributed by atoms with van der Waals surface area (Å²) in [5.74, 6) is -1.24. The Balaban J connectivity index is 2.14. The van der Waals surface area contributed by atoms with Crippen molar-refractivity contribution in [2.45, 2.75) is 6.18 Å². The molecule has 0 saturated carbocycles. The molecule has 100 valence electrons. The van der Waals surface area contributed by atoms with Crippen molar-refractivity contribution >= 4 is 17.4 Å². The number of nitrogens with one attached hydrogen (secondary N) is 1. The van der Waals surface area contributed by atoms with Crippen molar-refractivity contribution in [3.05, 3.63) is 17.0 Å². The molecule has 9 heteroatoms. The third kappa shape index (κ3) is 3.44. The van der Waals surface area contributed by atoms with Crippen molar-refractivity contribution in [2.24, 2.45) is 0 Å². The first-order valence-corrected chi connectivity index (χ1v) is 5.54. The fraction of sp³-hybridized carbons (Fsp3) is 0.556. The summed E-state index contributed by atoms with van der Waals surface area (Å²) in [7, 11) is 0. The first kappa shape index (κ1) is 13.3. The van der Waals surface area contributed by atoms with Crippen molar-refractivity contribution < 1.29 is 17.9 Å². The molecule has 18 heavy (non-hydrogen) atoms. The summed E-state index contributed by atoms with van der Waals surface area (Å²) >= 11 is 5.54. The Morgan fingerprint density at radius 3 is 2.56 bits per heavy atom. The second-order valence-electron chi connectivity index (χ2n) is 3.61. The molecule has 2 heterocycles. The molecule has 1 aromatic rings. The van der Waals surface area contributed by atoms with Crippen molar-refractivity contribution in [3.8, 4) is 0 Å². The lowest BCUT2D eigenvalue weighted by Gasteiger charge is -2.27. The van der Waals surface area contributed by atoms with Crippen molar-refractivity contribution in [2.75, 3.05) is 31.7 Å². The van der Waals surface area contributed by atoms with E-state index in [1.54, 1.807) is 5.01 Å². The summed E-state index contributed by atoms with van der Waals surface area (Å²) in [5, 5.41) is 1.45. The molecule has 0 atom stereocenters. The zero-order chi connectivity index (χ0) is 13.2. The van der Waals surface area contributed by atoms with Gasteiger partial charge in [0.15, 0.2) is 0 Å². The number of rotatable bonds is 2. The van der Waals surface area contributed by atoms with Gasteiger partial charge in [-0.3, -0.25) is 0 Å². The van der Waals surface area contributed by atoms with Crippen LogP contribution in [0.3, 0.4) is 0 Å². The van der Waals surface area contributed by atoms with E-state index in [4.69, 9.17) is 16.3 Å². The third-order valence-corrected chi connectivity index (χ3v) is 2.43. The molecule has 5 nitrogen and oxygen atoms in total. The van der Waals surface area contributed by atoms with Gasteiger partial charge >= 0.3 is 6.18 Å². The lowest BCUT2D eigenvalue weighted by atomic mass is 10.5. The number of anilines is 1. The van der Waals surface area contributed by atoms with Gasteiger partial charge in [-0.2, -0.15) is 13.2 Å². The van der Waals surface area contributed by atoms with E-state index < -0.39 is 12.0 Å². The van der Waals surface area contributed by atoms with E-state index in [-0.39, 0.29) is 11.0 Å². The fourth-order valence-corrected chi connectivity index (χ4v) is 1.62. The summed E-state index contributed by atoms with van der Waals surface area (Å²) < 4.78 is 42.6. The molecule has 1 saturated heterocycles. The van der Waals surface area contributed by atoms with Gasteiger partial charge in [0.1, 0.15) is 11.0 Å². The molecule has 0 radical (unpaired) electrons. The quantitative estimate of drug-likeness (QED) is 0.839. The number of morpholine rings is 1. The number of ether oxygens (including phenoxy) is 1. The monoisotopic (exact) mass is 282 g/mol. The van der Waals surface area contributed by atoms with Gasteiger partial charge in [-0.15, -0.1) is 0 Å². The second kappa shape index (κ2) is 5.25. The Hall–Kier alpha value is -1.12. The molecule has 0 aliphatic carbocycles. The standard InChI is InChI=1S/C9H10ClF3N4O/c10-6-5-7(15-8(14-6)9(11,12)13)16-17-1-3-18-4-2-17/h5H,1-4H2,(H,14,15,16). The van der Waals surface area contributed by atoms with Crippen molar-refractivity contribution in [1.29, 1.82) is 0 Å². The Labute approximate surface area is 106 Å². The number of aromatic nitrogens is 2. The van der Waals surface area contributed by atoms with Crippen LogP contribution in [0.25, 0.3) is 0 Å². The highest BCUT2D eigenvalue weighted by Crippen LogP contribution is 2.28. The van der Waals surface area contributed by atoms with Crippen LogP contribution in [0.5, 0.6) is 0 Å². The van der Waals surface area contributed by atoms with Crippen LogP contribution in [-0.4, -0.2) is 41.3 Å². The van der Waals surface area contributed by atoms with Crippen molar-refractivity contribution in [3.63, 3.8) is 0 Å². The summed E-state index contributed by atoms with van der Waals surface area (Å²) in [4.78, 5) is 6.53. The van der Waals surface area contributed by atoms with Gasteiger partial charge in [0.25, 0.3) is 0 Å². The predicted octanol–water partition coefficient (Wildman–Crippen LogP) is 1.81. The number of alkyl halides is 3. The lowest BCUT2D eigenvalue weighted by molar-refractivity contribution is -0.144. The zero-order valence-electron chi connectivity index (χ0n) is 9.17. The first-order valence-electron chi connectivity index (χ1n) is 5.16. The molecule has 0 spiro atoms. The average Bonchev–Trinajstić information content (AvgIpc) is 2.28. The highest BCUT2D eigenvalue weighted by molar-refractivity contribution is 6.29. The molecule has 2 rings (SSSR count). The van der Waals surface area contributed by atoms with E-state index in [1.807, 2.05) is 0 Å². The molecule has 1 aromatic heterocycles. The number of hydrogen-bond donors (Lipinski definition) is 1.